The lowest BCUT2D eigenvalue weighted by molar-refractivity contribution is -0.135. The number of hydrogen-bond acceptors (Lipinski definition) is 9. The molecule has 2 aromatic rings. The first-order valence-electron chi connectivity index (χ1n) is 10.8. The van der Waals surface area contributed by atoms with Gasteiger partial charge in [0.2, 0.25) is 5.13 Å². The molecule has 4 atom stereocenters. The number of rotatable bonds is 5. The first-order valence-corrected chi connectivity index (χ1v) is 11.6. The largest absolute Gasteiger partial charge is 0.497 e. The quantitative estimate of drug-likeness (QED) is 0.656. The fraction of sp³-hybridized carbons (Fsp3) is 0.478. The van der Waals surface area contributed by atoms with Crippen molar-refractivity contribution in [2.24, 2.45) is 5.92 Å². The summed E-state index contributed by atoms with van der Waals surface area (Å²) in [6.07, 6.45) is 1.61. The predicted molar refractivity (Wildman–Crippen MR) is 119 cm³/mol. The zero-order valence-corrected chi connectivity index (χ0v) is 19.7. The number of aryl methyl sites for hydroxylation is 1. The monoisotopic (exact) mass is 471 g/mol. The Bertz CT molecular complexity index is 1140. The summed E-state index contributed by atoms with van der Waals surface area (Å²) < 4.78 is 22.8. The zero-order chi connectivity index (χ0) is 23.3. The molecule has 4 unspecified atom stereocenters. The van der Waals surface area contributed by atoms with Gasteiger partial charge < -0.3 is 18.9 Å². The summed E-state index contributed by atoms with van der Waals surface area (Å²) in [5.41, 5.74) is 0.973. The van der Waals surface area contributed by atoms with Crippen molar-refractivity contribution in [3.05, 3.63) is 40.1 Å². The Morgan fingerprint density at radius 1 is 1.12 bits per heavy atom. The van der Waals surface area contributed by atoms with E-state index in [9.17, 15) is 9.59 Å². The third-order valence-electron chi connectivity index (χ3n) is 6.59. The molecule has 1 saturated carbocycles. The number of fused-ring (bicyclic) bond motifs is 1. The first kappa shape index (κ1) is 21.8. The van der Waals surface area contributed by atoms with Crippen molar-refractivity contribution in [1.29, 1.82) is 0 Å². The van der Waals surface area contributed by atoms with Gasteiger partial charge in [-0.2, -0.15) is 0 Å². The molecule has 0 N–H and O–H groups in total. The van der Waals surface area contributed by atoms with E-state index in [1.165, 1.54) is 16.2 Å². The molecule has 33 heavy (non-hydrogen) atoms. The highest BCUT2D eigenvalue weighted by Gasteiger charge is 2.54. The number of anilines is 1. The third kappa shape index (κ3) is 3.48. The number of Topliss-reactive ketones (excluding diaryl/α,β-unsaturated/α-hetero) is 1. The highest BCUT2D eigenvalue weighted by molar-refractivity contribution is 7.15. The Balaban J connectivity index is 1.67. The second-order valence-corrected chi connectivity index (χ2v) is 9.49. The minimum absolute atomic E-state index is 0.00824. The molecule has 0 radical (unpaired) electrons. The number of methoxy groups -OCH3 is 3. The zero-order valence-electron chi connectivity index (χ0n) is 18.9. The number of ketones is 1. The van der Waals surface area contributed by atoms with Gasteiger partial charge in [-0.15, -0.1) is 10.2 Å². The molecule has 2 aliphatic heterocycles. The minimum Gasteiger partial charge on any atom is -0.497 e. The van der Waals surface area contributed by atoms with Crippen molar-refractivity contribution in [3.8, 4) is 11.5 Å². The summed E-state index contributed by atoms with van der Waals surface area (Å²) in [7, 11) is 4.78. The number of ether oxygens (including phenoxy) is 4. The lowest BCUT2D eigenvalue weighted by Crippen LogP contribution is -2.43. The van der Waals surface area contributed by atoms with E-state index < -0.39 is 11.9 Å². The summed E-state index contributed by atoms with van der Waals surface area (Å²) in [5, 5.41) is 9.41. The van der Waals surface area contributed by atoms with Gasteiger partial charge in [-0.25, -0.2) is 0 Å². The number of aromatic nitrogens is 2. The molecule has 1 amide bonds. The van der Waals surface area contributed by atoms with Crippen LogP contribution >= 0.6 is 11.3 Å². The Hall–Kier alpha value is -2.98. The van der Waals surface area contributed by atoms with E-state index in [-0.39, 0.29) is 29.7 Å². The summed E-state index contributed by atoms with van der Waals surface area (Å²) in [5.74, 6) is 0.416. The molecule has 1 aliphatic carbocycles. The van der Waals surface area contributed by atoms with Gasteiger partial charge in [-0.05, 0) is 38.0 Å². The molecular formula is C23H25N3O6S. The number of hydrogen-bond donors (Lipinski definition) is 0. The smallest absolute Gasteiger partial charge is 0.296 e. The second kappa shape index (κ2) is 8.42. The van der Waals surface area contributed by atoms with Crippen molar-refractivity contribution in [2.75, 3.05) is 26.2 Å². The van der Waals surface area contributed by atoms with Gasteiger partial charge in [-0.3, -0.25) is 14.5 Å². The van der Waals surface area contributed by atoms with Gasteiger partial charge >= 0.3 is 0 Å². The van der Waals surface area contributed by atoms with E-state index in [0.717, 1.165) is 6.42 Å². The van der Waals surface area contributed by atoms with E-state index >= 15 is 0 Å². The molecule has 9 nitrogen and oxygen atoms in total. The Labute approximate surface area is 195 Å². The molecule has 10 heteroatoms. The maximum atomic E-state index is 13.8. The van der Waals surface area contributed by atoms with Crippen molar-refractivity contribution >= 4 is 28.2 Å². The van der Waals surface area contributed by atoms with Crippen LogP contribution in [0.4, 0.5) is 5.13 Å². The van der Waals surface area contributed by atoms with Crippen molar-refractivity contribution in [3.63, 3.8) is 0 Å². The molecule has 5 rings (SSSR count). The van der Waals surface area contributed by atoms with Crippen LogP contribution in [0, 0.1) is 12.8 Å². The molecule has 174 valence electrons. The maximum absolute atomic E-state index is 13.8. The Morgan fingerprint density at radius 3 is 2.61 bits per heavy atom. The van der Waals surface area contributed by atoms with Crippen LogP contribution in [0.25, 0.3) is 0 Å². The number of carbonyl (C=O) groups excluding carboxylic acids is 2. The van der Waals surface area contributed by atoms with Crippen LogP contribution in [0.3, 0.4) is 0 Å². The lowest BCUT2D eigenvalue weighted by atomic mass is 9.76. The molecule has 0 spiro atoms. The Kier molecular flexibility index (Phi) is 5.57. The highest BCUT2D eigenvalue weighted by atomic mass is 32.1. The van der Waals surface area contributed by atoms with E-state index in [1.807, 2.05) is 6.92 Å². The van der Waals surface area contributed by atoms with Gasteiger partial charge in [0.05, 0.1) is 31.8 Å². The normalized spacial score (nSPS) is 26.7. The average molecular weight is 472 g/mol. The SMILES string of the molecule is COc1ccc(OC)c(C2C3=C(OC4CC(OC)CCC4C3=O)C(=O)N2c2nnc(C)s2)c1. The number of benzene rings is 1. The molecule has 1 fully saturated rings. The average Bonchev–Trinajstić information content (AvgIpc) is 3.39. The number of amides is 1. The molecule has 3 heterocycles. The Morgan fingerprint density at radius 2 is 1.94 bits per heavy atom. The van der Waals surface area contributed by atoms with Crippen LogP contribution in [0.1, 0.15) is 35.9 Å². The van der Waals surface area contributed by atoms with Crippen LogP contribution in [-0.4, -0.2) is 55.4 Å². The van der Waals surface area contributed by atoms with E-state index in [1.54, 1.807) is 39.5 Å². The molecular weight excluding hydrogens is 446 g/mol. The van der Waals surface area contributed by atoms with Gasteiger partial charge in [0.1, 0.15) is 28.7 Å². The number of nitrogens with zero attached hydrogens (tertiary/aromatic N) is 3. The minimum atomic E-state index is -0.751. The fourth-order valence-electron chi connectivity index (χ4n) is 4.97. The van der Waals surface area contributed by atoms with Crippen LogP contribution < -0.4 is 14.4 Å². The summed E-state index contributed by atoms with van der Waals surface area (Å²) in [6.45, 7) is 1.82. The van der Waals surface area contributed by atoms with Crippen molar-refractivity contribution in [2.45, 2.75) is 44.4 Å². The molecule has 0 saturated heterocycles. The van der Waals surface area contributed by atoms with Crippen molar-refractivity contribution in [1.82, 2.24) is 10.2 Å². The topological polar surface area (TPSA) is 100 Å². The van der Waals surface area contributed by atoms with E-state index in [0.29, 0.717) is 45.6 Å². The van der Waals surface area contributed by atoms with Gasteiger partial charge in [0.15, 0.2) is 11.5 Å². The van der Waals surface area contributed by atoms with Crippen LogP contribution in [0.5, 0.6) is 11.5 Å². The lowest BCUT2D eigenvalue weighted by Gasteiger charge is -2.38. The molecule has 3 aliphatic rings. The highest BCUT2D eigenvalue weighted by Crippen LogP contribution is 2.50. The maximum Gasteiger partial charge on any atom is 0.296 e. The molecule has 1 aromatic carbocycles. The predicted octanol–water partition coefficient (Wildman–Crippen LogP) is 2.99. The van der Waals surface area contributed by atoms with Gasteiger partial charge in [0, 0.05) is 19.1 Å². The summed E-state index contributed by atoms with van der Waals surface area (Å²) >= 11 is 1.28. The number of carbonyl (C=O) groups is 2. The van der Waals surface area contributed by atoms with Gasteiger partial charge in [0.25, 0.3) is 5.91 Å². The third-order valence-corrected chi connectivity index (χ3v) is 7.43. The fourth-order valence-corrected chi connectivity index (χ4v) is 5.69. The van der Waals surface area contributed by atoms with Crippen LogP contribution in [0.2, 0.25) is 0 Å². The van der Waals surface area contributed by atoms with Crippen LogP contribution in [0.15, 0.2) is 29.5 Å². The summed E-state index contributed by atoms with van der Waals surface area (Å²) in [6, 6.07) is 4.57. The molecule has 1 aromatic heterocycles. The van der Waals surface area contributed by atoms with Crippen molar-refractivity contribution < 1.29 is 28.5 Å². The van der Waals surface area contributed by atoms with Gasteiger partial charge in [-0.1, -0.05) is 11.3 Å². The first-order chi connectivity index (χ1) is 16.0. The standard InChI is InChI=1S/C23H25N3O6S/c1-11-24-25-23(33-11)26-19(15-9-12(29-2)6-8-16(15)31-4)18-20(27)14-7-5-13(30-3)10-17(14)32-21(18)22(26)28/h6,8-9,13-14,17,19H,5,7,10H2,1-4H3. The summed E-state index contributed by atoms with van der Waals surface area (Å²) in [4.78, 5) is 29.0. The van der Waals surface area contributed by atoms with E-state index in [2.05, 4.69) is 10.2 Å². The van der Waals surface area contributed by atoms with Crippen LogP contribution in [-0.2, 0) is 19.1 Å². The second-order valence-electron chi connectivity index (χ2n) is 8.33. The van der Waals surface area contributed by atoms with E-state index in [4.69, 9.17) is 18.9 Å². The molecule has 0 bridgehead atoms.